The van der Waals surface area contributed by atoms with Gasteiger partial charge in [-0.05, 0) is 18.2 Å². The van der Waals surface area contributed by atoms with Crippen molar-refractivity contribution in [3.05, 3.63) is 29.3 Å². The summed E-state index contributed by atoms with van der Waals surface area (Å²) in [5.41, 5.74) is -0.488. The third kappa shape index (κ3) is 3.90. The van der Waals surface area contributed by atoms with Crippen molar-refractivity contribution in [3.63, 3.8) is 0 Å². The van der Waals surface area contributed by atoms with E-state index in [-0.39, 0.29) is 5.75 Å². The molecule has 92 valence electrons. The monoisotopic (exact) mass is 260 g/mol. The van der Waals surface area contributed by atoms with Crippen LogP contribution in [0.4, 0.5) is 13.2 Å². The first-order valence-electron chi connectivity index (χ1n) is 4.84. The summed E-state index contributed by atoms with van der Waals surface area (Å²) in [4.78, 5) is 0. The molecule has 0 spiro atoms. The van der Waals surface area contributed by atoms with E-state index in [9.17, 15) is 13.2 Å². The smallest absolute Gasteiger partial charge is 0.420 e. The Bertz CT molecular complexity index is 443. The Morgan fingerprint density at radius 3 is 2.59 bits per heavy atom. The first kappa shape index (κ1) is 13.8. The van der Waals surface area contributed by atoms with Gasteiger partial charge < -0.3 is 4.74 Å². The molecule has 1 nitrogen and oxygen atoms in total. The van der Waals surface area contributed by atoms with Gasteiger partial charge in [-0.25, -0.2) is 0 Å². The molecule has 0 aliphatic heterocycles. The average Bonchev–Trinajstić information content (AvgIpc) is 2.28. The summed E-state index contributed by atoms with van der Waals surface area (Å²) in [6.07, 6.45) is -3.90. The number of halogens is 3. The Balaban J connectivity index is 3.11. The van der Waals surface area contributed by atoms with Crippen LogP contribution in [0.2, 0.25) is 0 Å². The highest BCUT2D eigenvalue weighted by molar-refractivity contribution is 7.80. The minimum atomic E-state index is -4.44. The molecule has 1 aromatic carbocycles. The Labute approximate surface area is 103 Å². The van der Waals surface area contributed by atoms with Crippen LogP contribution >= 0.6 is 12.6 Å². The quantitative estimate of drug-likeness (QED) is 0.633. The second-order valence-corrected chi connectivity index (χ2v) is 3.64. The van der Waals surface area contributed by atoms with Crippen LogP contribution in [-0.2, 0) is 6.18 Å². The predicted molar refractivity (Wildman–Crippen MR) is 63.3 cm³/mol. The Hall–Kier alpha value is -1.28. The van der Waals surface area contributed by atoms with Crippen molar-refractivity contribution in [1.29, 1.82) is 0 Å². The normalized spacial score (nSPS) is 10.6. The lowest BCUT2D eigenvalue weighted by Gasteiger charge is -2.11. The minimum absolute atomic E-state index is 0.197. The summed E-state index contributed by atoms with van der Waals surface area (Å²) in [5, 5.41) is 0. The second kappa shape index (κ2) is 5.87. The van der Waals surface area contributed by atoms with Gasteiger partial charge in [0.15, 0.2) is 0 Å². The third-order valence-corrected chi connectivity index (χ3v) is 2.20. The van der Waals surface area contributed by atoms with Crippen LogP contribution in [0, 0.1) is 11.8 Å². The molecular formula is C12H11F3OS. The molecule has 0 aromatic heterocycles. The van der Waals surface area contributed by atoms with Crippen molar-refractivity contribution in [1.82, 2.24) is 0 Å². The van der Waals surface area contributed by atoms with Crippen molar-refractivity contribution >= 4 is 12.6 Å². The van der Waals surface area contributed by atoms with E-state index < -0.39 is 11.7 Å². The van der Waals surface area contributed by atoms with Gasteiger partial charge in [0.05, 0.1) is 12.7 Å². The number of benzene rings is 1. The fourth-order valence-corrected chi connectivity index (χ4v) is 1.34. The zero-order chi connectivity index (χ0) is 12.9. The van der Waals surface area contributed by atoms with E-state index in [0.29, 0.717) is 17.7 Å². The maximum absolute atomic E-state index is 12.7. The lowest BCUT2D eigenvalue weighted by atomic mass is 10.1. The molecule has 0 N–H and O–H groups in total. The number of rotatable bonds is 2. The number of thiol groups is 1. The van der Waals surface area contributed by atoms with Crippen LogP contribution in [0.3, 0.4) is 0 Å². The number of methoxy groups -OCH3 is 1. The molecule has 0 saturated heterocycles. The summed E-state index contributed by atoms with van der Waals surface area (Å²) >= 11 is 3.96. The van der Waals surface area contributed by atoms with E-state index in [2.05, 4.69) is 29.2 Å². The van der Waals surface area contributed by atoms with E-state index in [4.69, 9.17) is 0 Å². The Morgan fingerprint density at radius 2 is 2.06 bits per heavy atom. The van der Waals surface area contributed by atoms with Gasteiger partial charge in [0.2, 0.25) is 0 Å². The number of ether oxygens (including phenoxy) is 1. The van der Waals surface area contributed by atoms with Crippen molar-refractivity contribution in [3.8, 4) is 17.6 Å². The van der Waals surface area contributed by atoms with Gasteiger partial charge >= 0.3 is 6.18 Å². The molecule has 0 aliphatic carbocycles. The lowest BCUT2D eigenvalue weighted by molar-refractivity contribution is -0.138. The molecule has 0 saturated carbocycles. The summed E-state index contributed by atoms with van der Waals surface area (Å²) in [6, 6.07) is 3.76. The number of alkyl halides is 3. The maximum atomic E-state index is 12.7. The lowest BCUT2D eigenvalue weighted by Crippen LogP contribution is -2.07. The van der Waals surface area contributed by atoms with Gasteiger partial charge in [-0.3, -0.25) is 0 Å². The first-order chi connectivity index (χ1) is 7.99. The molecule has 17 heavy (non-hydrogen) atoms. The first-order valence-corrected chi connectivity index (χ1v) is 5.47. The summed E-state index contributed by atoms with van der Waals surface area (Å²) in [7, 11) is 1.21. The van der Waals surface area contributed by atoms with Gasteiger partial charge in [-0.2, -0.15) is 25.8 Å². The van der Waals surface area contributed by atoms with Crippen molar-refractivity contribution in [2.75, 3.05) is 12.9 Å². The van der Waals surface area contributed by atoms with Crippen LogP contribution in [0.1, 0.15) is 17.5 Å². The van der Waals surface area contributed by atoms with E-state index in [1.807, 2.05) is 0 Å². The largest absolute Gasteiger partial charge is 0.496 e. The molecule has 5 heteroatoms. The van der Waals surface area contributed by atoms with Crippen molar-refractivity contribution < 1.29 is 17.9 Å². The molecule has 0 fully saturated rings. The second-order valence-electron chi connectivity index (χ2n) is 3.19. The van der Waals surface area contributed by atoms with E-state index in [1.54, 1.807) is 0 Å². The molecular weight excluding hydrogens is 249 g/mol. The third-order valence-electron chi connectivity index (χ3n) is 1.97. The topological polar surface area (TPSA) is 9.23 Å². The molecule has 0 unspecified atom stereocenters. The predicted octanol–water partition coefficient (Wildman–Crippen LogP) is 3.39. The van der Waals surface area contributed by atoms with E-state index in [0.717, 1.165) is 6.07 Å². The highest BCUT2D eigenvalue weighted by atomic mass is 32.1. The fourth-order valence-electron chi connectivity index (χ4n) is 1.23. The van der Waals surface area contributed by atoms with Crippen molar-refractivity contribution in [2.24, 2.45) is 0 Å². The average molecular weight is 260 g/mol. The van der Waals surface area contributed by atoms with Gasteiger partial charge in [-0.1, -0.05) is 11.8 Å². The highest BCUT2D eigenvalue weighted by Gasteiger charge is 2.34. The van der Waals surface area contributed by atoms with Gasteiger partial charge in [0, 0.05) is 17.7 Å². The maximum Gasteiger partial charge on any atom is 0.420 e. The van der Waals surface area contributed by atoms with E-state index in [1.165, 1.54) is 19.2 Å². The van der Waals surface area contributed by atoms with Crippen LogP contribution in [-0.4, -0.2) is 12.9 Å². The Kier molecular flexibility index (Phi) is 4.76. The van der Waals surface area contributed by atoms with Gasteiger partial charge in [-0.15, -0.1) is 0 Å². The zero-order valence-electron chi connectivity index (χ0n) is 9.14. The summed E-state index contributed by atoms with van der Waals surface area (Å²) < 4.78 is 42.7. The molecule has 0 amide bonds. The molecule has 0 radical (unpaired) electrons. The summed E-state index contributed by atoms with van der Waals surface area (Å²) in [5.74, 6) is 5.77. The molecule has 1 rings (SSSR count). The standard InChI is InChI=1S/C12H11F3OS/c1-16-11-6-5-9(4-2-3-7-17)8-10(11)12(13,14)15/h5-6,8,17H,3,7H2,1H3. The molecule has 1 aromatic rings. The van der Waals surface area contributed by atoms with Gasteiger partial charge in [0.25, 0.3) is 0 Å². The van der Waals surface area contributed by atoms with Crippen LogP contribution in [0.15, 0.2) is 18.2 Å². The minimum Gasteiger partial charge on any atom is -0.496 e. The molecule has 0 atom stereocenters. The van der Waals surface area contributed by atoms with Crippen LogP contribution < -0.4 is 4.74 Å². The summed E-state index contributed by atoms with van der Waals surface area (Å²) in [6.45, 7) is 0. The highest BCUT2D eigenvalue weighted by Crippen LogP contribution is 2.36. The van der Waals surface area contributed by atoms with Crippen LogP contribution in [0.25, 0.3) is 0 Å². The SMILES string of the molecule is COc1ccc(C#CCCS)cc1C(F)(F)F. The molecule has 0 aliphatic rings. The Morgan fingerprint density at radius 1 is 1.35 bits per heavy atom. The van der Waals surface area contributed by atoms with Gasteiger partial charge in [0.1, 0.15) is 5.75 Å². The van der Waals surface area contributed by atoms with E-state index >= 15 is 0 Å². The zero-order valence-corrected chi connectivity index (χ0v) is 10.0. The number of hydrogen-bond acceptors (Lipinski definition) is 2. The number of hydrogen-bond donors (Lipinski definition) is 1. The molecule has 0 bridgehead atoms. The van der Waals surface area contributed by atoms with Crippen LogP contribution in [0.5, 0.6) is 5.75 Å². The fraction of sp³-hybridized carbons (Fsp3) is 0.333. The van der Waals surface area contributed by atoms with Crippen molar-refractivity contribution in [2.45, 2.75) is 12.6 Å². The molecule has 0 heterocycles.